The molecule has 6 rings (SSSR count). The van der Waals surface area contributed by atoms with Gasteiger partial charge in [-0.2, -0.15) is 8.78 Å². The van der Waals surface area contributed by atoms with Gasteiger partial charge in [0.1, 0.15) is 5.75 Å². The monoisotopic (exact) mass is 724 g/mol. The summed E-state index contributed by atoms with van der Waals surface area (Å²) in [6.07, 6.45) is 4.13. The molecule has 10 nitrogen and oxygen atoms in total. The minimum absolute atomic E-state index is 0.00406. The second-order valence-corrected chi connectivity index (χ2v) is 12.9. The van der Waals surface area contributed by atoms with Crippen LogP contribution in [0.15, 0.2) is 60.8 Å². The lowest BCUT2D eigenvalue weighted by atomic mass is 9.99. The van der Waals surface area contributed by atoms with E-state index in [1.165, 1.54) is 6.07 Å². The van der Waals surface area contributed by atoms with Crippen molar-refractivity contribution in [3.8, 4) is 45.3 Å². The molecule has 2 fully saturated rings. The zero-order valence-corrected chi connectivity index (χ0v) is 28.7. The van der Waals surface area contributed by atoms with E-state index in [-0.39, 0.29) is 41.2 Å². The van der Waals surface area contributed by atoms with Crippen LogP contribution >= 0.6 is 23.2 Å². The van der Waals surface area contributed by atoms with Crippen LogP contribution in [0, 0.1) is 0 Å². The number of hydrogen-bond donors (Lipinski definition) is 4. The van der Waals surface area contributed by atoms with Crippen LogP contribution in [0.5, 0.6) is 11.6 Å². The molecule has 2 atom stereocenters. The summed E-state index contributed by atoms with van der Waals surface area (Å²) in [7, 11) is 1.56. The first-order valence-electron chi connectivity index (χ1n) is 16.3. The Morgan fingerprint density at radius 2 is 1.50 bits per heavy atom. The molecule has 4 aromatic rings. The van der Waals surface area contributed by atoms with E-state index in [9.17, 15) is 18.4 Å². The van der Waals surface area contributed by atoms with Crippen molar-refractivity contribution >= 4 is 35.0 Å². The molecule has 2 aromatic heterocycles. The van der Waals surface area contributed by atoms with E-state index in [0.717, 1.165) is 18.4 Å². The lowest BCUT2D eigenvalue weighted by molar-refractivity contribution is -0.120. The highest BCUT2D eigenvalue weighted by Crippen LogP contribution is 2.42. The Labute approximate surface area is 298 Å². The topological polar surface area (TPSA) is 127 Å². The Hall–Kier alpha value is -4.36. The first-order chi connectivity index (χ1) is 24.2. The third-order valence-electron chi connectivity index (χ3n) is 8.73. The van der Waals surface area contributed by atoms with Gasteiger partial charge in [0.25, 0.3) is 0 Å². The van der Waals surface area contributed by atoms with E-state index >= 15 is 0 Å². The third-order valence-corrected chi connectivity index (χ3v) is 9.52. The summed E-state index contributed by atoms with van der Waals surface area (Å²) in [6, 6.07) is 16.1. The van der Waals surface area contributed by atoms with Crippen LogP contribution in [0.25, 0.3) is 33.6 Å². The average molecular weight is 726 g/mol. The molecule has 2 amide bonds. The number of alkyl halides is 2. The molecule has 14 heteroatoms. The van der Waals surface area contributed by atoms with Crippen molar-refractivity contribution in [3.63, 3.8) is 0 Å². The first kappa shape index (κ1) is 35.5. The molecule has 0 saturated carbocycles. The van der Waals surface area contributed by atoms with Gasteiger partial charge in [-0.3, -0.25) is 14.6 Å². The molecule has 2 unspecified atom stereocenters. The minimum Gasteiger partial charge on any atom is -0.481 e. The molecule has 2 aliphatic heterocycles. The van der Waals surface area contributed by atoms with Gasteiger partial charge in [0, 0.05) is 90.7 Å². The largest absolute Gasteiger partial charge is 0.481 e. The molecule has 262 valence electrons. The molecule has 2 aromatic carbocycles. The maximum atomic E-state index is 13.5. The second-order valence-electron chi connectivity index (χ2n) is 12.1. The summed E-state index contributed by atoms with van der Waals surface area (Å²) in [5.74, 6) is 0.518. The molecule has 0 radical (unpaired) electrons. The summed E-state index contributed by atoms with van der Waals surface area (Å²) in [5, 5.41) is 13.1. The highest BCUT2D eigenvalue weighted by atomic mass is 35.5. The molecule has 0 bridgehead atoms. The highest BCUT2D eigenvalue weighted by Gasteiger charge is 2.23. The van der Waals surface area contributed by atoms with Crippen molar-refractivity contribution in [1.82, 2.24) is 31.2 Å². The van der Waals surface area contributed by atoms with E-state index in [1.54, 1.807) is 31.5 Å². The van der Waals surface area contributed by atoms with E-state index in [2.05, 4.69) is 26.3 Å². The summed E-state index contributed by atoms with van der Waals surface area (Å²) in [4.78, 5) is 32.2. The summed E-state index contributed by atoms with van der Waals surface area (Å²) >= 11 is 14.0. The van der Waals surface area contributed by atoms with Gasteiger partial charge in [-0.1, -0.05) is 59.6 Å². The molecule has 2 aliphatic rings. The quantitative estimate of drug-likeness (QED) is 0.122. The molecule has 4 heterocycles. The summed E-state index contributed by atoms with van der Waals surface area (Å²) in [5.41, 5.74) is 4.71. The standard InChI is InChI=1S/C36H36Cl2F2N6O4/c1-49-35-22(17-42-19-24-9-12-31(48)45-24)7-10-28(46-35)27-4-2-3-25(32(27)37)26-13-14-43-34(33(26)38)20-5-6-21(29(15-20)50-36(39)40)16-41-18-23-8-11-30(47)44-23/h2-7,10,13-15,23-24,36,41-42H,8-9,11-12,16-19H2,1H3,(H,44,47)(H,45,48). The molecule has 50 heavy (non-hydrogen) atoms. The number of hydrogen-bond acceptors (Lipinski definition) is 8. The SMILES string of the molecule is COc1nc(-c2cccc(-c3ccnc(-c4ccc(CNCC5CCC(=O)N5)c(OC(F)F)c4)c3Cl)c2Cl)ccc1CNCC1CCC(=O)N1. The number of nitrogens with one attached hydrogen (secondary N) is 4. The van der Waals surface area contributed by atoms with Crippen LogP contribution in [0.1, 0.15) is 36.8 Å². The van der Waals surface area contributed by atoms with Gasteiger partial charge in [-0.25, -0.2) is 4.98 Å². The maximum Gasteiger partial charge on any atom is 0.387 e. The van der Waals surface area contributed by atoms with Crippen LogP contribution in [0.2, 0.25) is 10.0 Å². The van der Waals surface area contributed by atoms with Crippen LogP contribution in [0.3, 0.4) is 0 Å². The van der Waals surface area contributed by atoms with E-state index in [4.69, 9.17) is 37.7 Å². The summed E-state index contributed by atoms with van der Waals surface area (Å²) in [6.45, 7) is -1.12. The fraction of sp³-hybridized carbons (Fsp3) is 0.333. The fourth-order valence-electron chi connectivity index (χ4n) is 6.20. The van der Waals surface area contributed by atoms with Gasteiger partial charge in [-0.05, 0) is 31.0 Å². The number of ether oxygens (including phenoxy) is 2. The Balaban J connectivity index is 1.22. The van der Waals surface area contributed by atoms with Gasteiger partial charge in [0.15, 0.2) is 0 Å². The van der Waals surface area contributed by atoms with Crippen molar-refractivity contribution < 1.29 is 27.8 Å². The smallest absolute Gasteiger partial charge is 0.387 e. The normalized spacial score (nSPS) is 17.2. The van der Waals surface area contributed by atoms with Gasteiger partial charge >= 0.3 is 6.61 Å². The Bertz CT molecular complexity index is 1880. The molecule has 2 saturated heterocycles. The number of methoxy groups -OCH3 is 1. The number of amides is 2. The lowest BCUT2D eigenvalue weighted by Crippen LogP contribution is -2.35. The number of carbonyl (C=O) groups excluding carboxylic acids is 2. The van der Waals surface area contributed by atoms with Gasteiger partial charge in [0.05, 0.1) is 28.5 Å². The molecule has 0 aliphatic carbocycles. The van der Waals surface area contributed by atoms with Crippen LogP contribution < -0.4 is 30.7 Å². The Morgan fingerprint density at radius 1 is 0.860 bits per heavy atom. The van der Waals surface area contributed by atoms with Crippen LogP contribution in [-0.2, 0) is 22.7 Å². The van der Waals surface area contributed by atoms with Crippen molar-refractivity contribution in [2.45, 2.75) is 57.5 Å². The van der Waals surface area contributed by atoms with Crippen molar-refractivity contribution in [1.29, 1.82) is 0 Å². The zero-order valence-electron chi connectivity index (χ0n) is 27.2. The average Bonchev–Trinajstić information content (AvgIpc) is 3.72. The van der Waals surface area contributed by atoms with Crippen molar-refractivity contribution in [2.75, 3.05) is 20.2 Å². The molecular weight excluding hydrogens is 689 g/mol. The maximum absolute atomic E-state index is 13.5. The van der Waals surface area contributed by atoms with E-state index in [0.29, 0.717) is 82.6 Å². The molecule has 4 N–H and O–H groups in total. The number of pyridine rings is 2. The minimum atomic E-state index is -3.03. The fourth-order valence-corrected chi connectivity index (χ4v) is 6.85. The highest BCUT2D eigenvalue weighted by molar-refractivity contribution is 6.39. The number of aromatic nitrogens is 2. The number of halogens is 4. The van der Waals surface area contributed by atoms with Crippen molar-refractivity contribution in [2.24, 2.45) is 0 Å². The van der Waals surface area contributed by atoms with Crippen LogP contribution in [0.4, 0.5) is 8.78 Å². The Kier molecular flexibility index (Phi) is 11.4. The first-order valence-corrected chi connectivity index (χ1v) is 17.0. The number of rotatable bonds is 14. The second kappa shape index (κ2) is 16.1. The molecule has 0 spiro atoms. The molecular formula is C36H36Cl2F2N6O4. The van der Waals surface area contributed by atoms with Gasteiger partial charge in [-0.15, -0.1) is 0 Å². The summed E-state index contributed by atoms with van der Waals surface area (Å²) < 4.78 is 37.4. The van der Waals surface area contributed by atoms with E-state index in [1.807, 2.05) is 30.3 Å². The third kappa shape index (κ3) is 8.32. The van der Waals surface area contributed by atoms with Crippen LogP contribution in [-0.4, -0.2) is 60.7 Å². The van der Waals surface area contributed by atoms with E-state index < -0.39 is 6.61 Å². The van der Waals surface area contributed by atoms with Gasteiger partial charge < -0.3 is 30.7 Å². The lowest BCUT2D eigenvalue weighted by Gasteiger charge is -2.17. The Morgan fingerprint density at radius 3 is 2.14 bits per heavy atom. The zero-order chi connectivity index (χ0) is 35.2. The van der Waals surface area contributed by atoms with Gasteiger partial charge in [0.2, 0.25) is 17.7 Å². The van der Waals surface area contributed by atoms with Crippen molar-refractivity contribution in [3.05, 3.63) is 82.0 Å². The number of nitrogens with zero attached hydrogens (tertiary/aromatic N) is 2. The number of carbonyl (C=O) groups is 2. The predicted octanol–water partition coefficient (Wildman–Crippen LogP) is 6.13. The predicted molar refractivity (Wildman–Crippen MR) is 187 cm³/mol. The number of benzene rings is 2.